The highest BCUT2D eigenvalue weighted by molar-refractivity contribution is 6.01. The van der Waals surface area contributed by atoms with Crippen molar-refractivity contribution in [1.29, 1.82) is 0 Å². The molecule has 0 saturated heterocycles. The molecule has 1 saturated carbocycles. The molecule has 0 aliphatic heterocycles. The third kappa shape index (κ3) is 4.46. The number of fused-ring (bicyclic) bond motifs is 1. The zero-order chi connectivity index (χ0) is 19.3. The topological polar surface area (TPSA) is 80.3 Å². The van der Waals surface area contributed by atoms with Crippen molar-refractivity contribution in [3.05, 3.63) is 72.1 Å². The van der Waals surface area contributed by atoms with E-state index in [0.717, 1.165) is 29.2 Å². The van der Waals surface area contributed by atoms with Crippen molar-refractivity contribution in [2.45, 2.75) is 25.4 Å². The van der Waals surface area contributed by atoms with Gasteiger partial charge in [-0.1, -0.05) is 30.3 Å². The Morgan fingerprint density at radius 2 is 1.86 bits per heavy atom. The first-order valence-corrected chi connectivity index (χ1v) is 9.31. The molecule has 28 heavy (non-hydrogen) atoms. The molecule has 1 aromatic heterocycles. The highest BCUT2D eigenvalue weighted by Gasteiger charge is 2.23. The van der Waals surface area contributed by atoms with Gasteiger partial charge in [0.05, 0.1) is 5.56 Å². The molecule has 0 unspecified atom stereocenters. The van der Waals surface area contributed by atoms with Crippen molar-refractivity contribution in [3.8, 4) is 5.75 Å². The highest BCUT2D eigenvalue weighted by Crippen LogP contribution is 2.26. The van der Waals surface area contributed by atoms with Gasteiger partial charge in [-0.25, -0.2) is 0 Å². The predicted molar refractivity (Wildman–Crippen MR) is 106 cm³/mol. The summed E-state index contributed by atoms with van der Waals surface area (Å²) in [5.74, 6) is -0.0297. The summed E-state index contributed by atoms with van der Waals surface area (Å²) in [6.45, 7) is 0.249. The summed E-state index contributed by atoms with van der Waals surface area (Å²) < 4.78 is 5.72. The Hall–Kier alpha value is -3.41. The van der Waals surface area contributed by atoms with E-state index < -0.39 is 0 Å². The van der Waals surface area contributed by atoms with Gasteiger partial charge in [-0.2, -0.15) is 0 Å². The van der Waals surface area contributed by atoms with Crippen LogP contribution in [0.1, 0.15) is 28.8 Å². The fourth-order valence-corrected chi connectivity index (χ4v) is 2.94. The molecule has 2 aromatic carbocycles. The fraction of sp³-hybridized carbons (Fsp3) is 0.227. The van der Waals surface area contributed by atoms with Gasteiger partial charge in [-0.15, -0.1) is 0 Å². The second kappa shape index (κ2) is 8.08. The molecule has 1 fully saturated rings. The Labute approximate surface area is 162 Å². The Kier molecular flexibility index (Phi) is 5.19. The Balaban J connectivity index is 1.53. The predicted octanol–water partition coefficient (Wildman–Crippen LogP) is 2.82. The molecule has 4 rings (SSSR count). The maximum atomic E-state index is 12.8. The minimum absolute atomic E-state index is 0.113. The maximum absolute atomic E-state index is 12.8. The molecule has 1 aliphatic carbocycles. The molecule has 6 heteroatoms. The van der Waals surface area contributed by atoms with Crippen molar-refractivity contribution in [2.75, 3.05) is 6.61 Å². The Morgan fingerprint density at radius 1 is 1.07 bits per heavy atom. The minimum Gasteiger partial charge on any atom is -0.483 e. The normalized spacial score (nSPS) is 13.1. The maximum Gasteiger partial charge on any atom is 0.258 e. The molecular weight excluding hydrogens is 354 g/mol. The molecule has 1 heterocycles. The second-order valence-corrected chi connectivity index (χ2v) is 6.87. The number of ether oxygens (including phenoxy) is 1. The SMILES string of the molecule is O=C(COc1cc2ccccc2cc1C(=O)NCc1cccnc1)NC1CC1. The van der Waals surface area contributed by atoms with Crippen molar-refractivity contribution in [1.82, 2.24) is 15.6 Å². The van der Waals surface area contributed by atoms with E-state index in [1.54, 1.807) is 24.5 Å². The molecule has 2 amide bonds. The van der Waals surface area contributed by atoms with Crippen molar-refractivity contribution < 1.29 is 14.3 Å². The van der Waals surface area contributed by atoms with Crippen LogP contribution >= 0.6 is 0 Å². The summed E-state index contributed by atoms with van der Waals surface area (Å²) in [6.07, 6.45) is 5.43. The Bertz CT molecular complexity index is 1000. The molecule has 6 nitrogen and oxygen atoms in total. The molecule has 142 valence electrons. The largest absolute Gasteiger partial charge is 0.483 e. The number of rotatable bonds is 7. The third-order valence-electron chi connectivity index (χ3n) is 4.57. The molecule has 0 radical (unpaired) electrons. The lowest BCUT2D eigenvalue weighted by molar-refractivity contribution is -0.123. The summed E-state index contributed by atoms with van der Waals surface area (Å²) in [4.78, 5) is 28.8. The zero-order valence-electron chi connectivity index (χ0n) is 15.4. The summed E-state index contributed by atoms with van der Waals surface area (Å²) >= 11 is 0. The first-order chi connectivity index (χ1) is 13.7. The molecule has 1 aliphatic rings. The summed E-state index contributed by atoms with van der Waals surface area (Å²) in [6, 6.07) is 15.3. The number of hydrogen-bond donors (Lipinski definition) is 2. The van der Waals surface area contributed by atoms with E-state index in [4.69, 9.17) is 4.74 Å². The van der Waals surface area contributed by atoms with Crippen LogP contribution in [0.5, 0.6) is 5.75 Å². The Morgan fingerprint density at radius 3 is 2.57 bits per heavy atom. The number of benzene rings is 2. The van der Waals surface area contributed by atoms with Gasteiger partial charge in [-0.3, -0.25) is 14.6 Å². The van der Waals surface area contributed by atoms with Crippen LogP contribution < -0.4 is 15.4 Å². The van der Waals surface area contributed by atoms with Crippen molar-refractivity contribution in [2.24, 2.45) is 0 Å². The standard InChI is InChI=1S/C22H21N3O3/c26-21(25-18-7-8-18)14-28-20-11-17-6-2-1-5-16(17)10-19(20)22(27)24-13-15-4-3-9-23-12-15/h1-6,9-12,18H,7-8,13-14H2,(H,24,27)(H,25,26). The molecule has 0 spiro atoms. The number of aromatic nitrogens is 1. The van der Waals surface area contributed by atoms with E-state index in [9.17, 15) is 9.59 Å². The van der Waals surface area contributed by atoms with E-state index >= 15 is 0 Å². The van der Waals surface area contributed by atoms with Crippen LogP contribution in [0.3, 0.4) is 0 Å². The molecular formula is C22H21N3O3. The van der Waals surface area contributed by atoms with Gasteiger partial charge >= 0.3 is 0 Å². The van der Waals surface area contributed by atoms with Gasteiger partial charge in [0.2, 0.25) is 0 Å². The summed E-state index contributed by atoms with van der Waals surface area (Å²) in [7, 11) is 0. The monoisotopic (exact) mass is 375 g/mol. The van der Waals surface area contributed by atoms with Gasteiger partial charge < -0.3 is 15.4 Å². The number of pyridine rings is 1. The molecule has 0 bridgehead atoms. The van der Waals surface area contributed by atoms with E-state index in [2.05, 4.69) is 15.6 Å². The molecule has 2 N–H and O–H groups in total. The van der Waals surface area contributed by atoms with E-state index in [1.807, 2.05) is 36.4 Å². The van der Waals surface area contributed by atoms with Gasteiger partial charge in [0.1, 0.15) is 5.75 Å². The van der Waals surface area contributed by atoms with Crippen LogP contribution in [0.25, 0.3) is 10.8 Å². The number of hydrogen-bond acceptors (Lipinski definition) is 4. The molecule has 0 atom stereocenters. The van der Waals surface area contributed by atoms with E-state index in [-0.39, 0.29) is 24.5 Å². The minimum atomic E-state index is -0.257. The van der Waals surface area contributed by atoms with Gasteiger partial charge in [-0.05, 0) is 47.4 Å². The van der Waals surface area contributed by atoms with Gasteiger partial charge in [0.25, 0.3) is 11.8 Å². The number of amides is 2. The van der Waals surface area contributed by atoms with Crippen molar-refractivity contribution in [3.63, 3.8) is 0 Å². The first-order valence-electron chi connectivity index (χ1n) is 9.31. The zero-order valence-corrected chi connectivity index (χ0v) is 15.4. The van der Waals surface area contributed by atoms with Gasteiger partial charge in [0.15, 0.2) is 6.61 Å². The molecule has 3 aromatic rings. The highest BCUT2D eigenvalue weighted by atomic mass is 16.5. The summed E-state index contributed by atoms with van der Waals surface area (Å²) in [5.41, 5.74) is 1.31. The number of nitrogens with zero attached hydrogens (tertiary/aromatic N) is 1. The fourth-order valence-electron chi connectivity index (χ4n) is 2.94. The third-order valence-corrected chi connectivity index (χ3v) is 4.57. The number of carbonyl (C=O) groups excluding carboxylic acids is 2. The lowest BCUT2D eigenvalue weighted by atomic mass is 10.1. The van der Waals surface area contributed by atoms with Crippen molar-refractivity contribution >= 4 is 22.6 Å². The smallest absolute Gasteiger partial charge is 0.258 e. The van der Waals surface area contributed by atoms with Crippen LogP contribution in [-0.2, 0) is 11.3 Å². The van der Waals surface area contributed by atoms with Crippen LogP contribution in [0.4, 0.5) is 0 Å². The van der Waals surface area contributed by atoms with Crippen LogP contribution in [0, 0.1) is 0 Å². The number of nitrogens with one attached hydrogen (secondary N) is 2. The van der Waals surface area contributed by atoms with E-state index in [1.165, 1.54) is 0 Å². The van der Waals surface area contributed by atoms with E-state index in [0.29, 0.717) is 17.9 Å². The average molecular weight is 375 g/mol. The average Bonchev–Trinajstić information content (AvgIpc) is 3.54. The van der Waals surface area contributed by atoms with Gasteiger partial charge in [0, 0.05) is 25.0 Å². The lowest BCUT2D eigenvalue weighted by Gasteiger charge is -2.13. The van der Waals surface area contributed by atoms with Crippen LogP contribution in [-0.4, -0.2) is 29.4 Å². The summed E-state index contributed by atoms with van der Waals surface area (Å²) in [5, 5.41) is 7.66. The quantitative estimate of drug-likeness (QED) is 0.665. The van der Waals surface area contributed by atoms with Crippen LogP contribution in [0.2, 0.25) is 0 Å². The second-order valence-electron chi connectivity index (χ2n) is 6.87. The number of carbonyl (C=O) groups is 2. The first kappa shape index (κ1) is 18.0. The van der Waals surface area contributed by atoms with Crippen LogP contribution in [0.15, 0.2) is 60.9 Å². The lowest BCUT2D eigenvalue weighted by Crippen LogP contribution is -2.31.